The van der Waals surface area contributed by atoms with Gasteiger partial charge in [-0.3, -0.25) is 0 Å². The van der Waals surface area contributed by atoms with Crippen molar-refractivity contribution in [3.05, 3.63) is 36.0 Å². The van der Waals surface area contributed by atoms with Gasteiger partial charge in [0.25, 0.3) is 0 Å². The number of phenols is 2. The lowest BCUT2D eigenvalue weighted by Gasteiger charge is -2.05. The van der Waals surface area contributed by atoms with Crippen LogP contribution in [-0.2, 0) is 13.1 Å². The predicted octanol–water partition coefficient (Wildman–Crippen LogP) is 0.771. The van der Waals surface area contributed by atoms with Gasteiger partial charge in [-0.2, -0.15) is 4.98 Å². The maximum Gasteiger partial charge on any atom is 0.213 e. The Kier molecular flexibility index (Phi) is 3.02. The van der Waals surface area contributed by atoms with Gasteiger partial charge in [0.1, 0.15) is 11.5 Å². The molecule has 0 saturated heterocycles. The summed E-state index contributed by atoms with van der Waals surface area (Å²) >= 11 is 0. The van der Waals surface area contributed by atoms with Crippen LogP contribution in [0.1, 0.15) is 11.4 Å². The Morgan fingerprint density at radius 3 is 2.81 bits per heavy atom. The quantitative estimate of drug-likeness (QED) is 0.706. The number of phenolic OH excluding ortho intramolecular Hbond substituents is 2. The van der Waals surface area contributed by atoms with Crippen LogP contribution in [0.5, 0.6) is 11.5 Å². The molecule has 0 aliphatic heterocycles. The van der Waals surface area contributed by atoms with Gasteiger partial charge in [-0.25, -0.2) is 0 Å². The van der Waals surface area contributed by atoms with E-state index in [1.54, 1.807) is 6.07 Å². The summed E-state index contributed by atoms with van der Waals surface area (Å²) in [6, 6.07) is 4.46. The third-order valence-electron chi connectivity index (χ3n) is 2.07. The smallest absolute Gasteiger partial charge is 0.213 e. The van der Waals surface area contributed by atoms with Gasteiger partial charge in [0.2, 0.25) is 6.39 Å². The highest BCUT2D eigenvalue weighted by Gasteiger charge is 2.03. The monoisotopic (exact) mass is 221 g/mol. The van der Waals surface area contributed by atoms with Crippen molar-refractivity contribution in [1.29, 1.82) is 0 Å². The molecule has 0 aliphatic carbocycles. The van der Waals surface area contributed by atoms with Crippen LogP contribution in [0, 0.1) is 0 Å². The minimum atomic E-state index is 0.0411. The van der Waals surface area contributed by atoms with Gasteiger partial charge in [-0.05, 0) is 6.07 Å². The fourth-order valence-electron chi connectivity index (χ4n) is 1.28. The van der Waals surface area contributed by atoms with Crippen molar-refractivity contribution in [2.75, 3.05) is 0 Å². The topological polar surface area (TPSA) is 91.4 Å². The van der Waals surface area contributed by atoms with E-state index in [9.17, 15) is 5.11 Å². The predicted molar refractivity (Wildman–Crippen MR) is 54.6 cm³/mol. The molecule has 2 rings (SSSR count). The van der Waals surface area contributed by atoms with E-state index in [-0.39, 0.29) is 11.5 Å². The number of nitrogens with one attached hydrogen (secondary N) is 1. The van der Waals surface area contributed by atoms with Gasteiger partial charge in [0.15, 0.2) is 5.82 Å². The molecule has 0 amide bonds. The largest absolute Gasteiger partial charge is 0.508 e. The van der Waals surface area contributed by atoms with Crippen molar-refractivity contribution >= 4 is 0 Å². The number of hydrogen-bond acceptors (Lipinski definition) is 6. The Hall–Kier alpha value is -2.08. The van der Waals surface area contributed by atoms with Gasteiger partial charge >= 0.3 is 0 Å². The van der Waals surface area contributed by atoms with Crippen LogP contribution < -0.4 is 5.32 Å². The zero-order chi connectivity index (χ0) is 11.4. The van der Waals surface area contributed by atoms with E-state index < -0.39 is 0 Å². The molecule has 0 unspecified atom stereocenters. The summed E-state index contributed by atoms with van der Waals surface area (Å²) in [5.74, 6) is 0.651. The maximum absolute atomic E-state index is 9.50. The molecule has 6 nitrogen and oxygen atoms in total. The van der Waals surface area contributed by atoms with Crippen LogP contribution in [0.3, 0.4) is 0 Å². The van der Waals surface area contributed by atoms with Crippen LogP contribution in [0.25, 0.3) is 0 Å². The summed E-state index contributed by atoms with van der Waals surface area (Å²) in [5.41, 5.74) is 0.696. The van der Waals surface area contributed by atoms with E-state index in [0.29, 0.717) is 24.5 Å². The van der Waals surface area contributed by atoms with E-state index in [1.165, 1.54) is 18.5 Å². The molecule has 16 heavy (non-hydrogen) atoms. The molecule has 0 atom stereocenters. The minimum Gasteiger partial charge on any atom is -0.508 e. The van der Waals surface area contributed by atoms with Gasteiger partial charge in [0, 0.05) is 18.2 Å². The fourth-order valence-corrected chi connectivity index (χ4v) is 1.28. The summed E-state index contributed by atoms with van der Waals surface area (Å²) < 4.78 is 4.57. The number of benzene rings is 1. The van der Waals surface area contributed by atoms with Crippen molar-refractivity contribution in [2.24, 2.45) is 0 Å². The molecule has 6 heteroatoms. The molecule has 3 N–H and O–H groups in total. The van der Waals surface area contributed by atoms with Crippen molar-refractivity contribution in [1.82, 2.24) is 15.5 Å². The Morgan fingerprint density at radius 2 is 2.12 bits per heavy atom. The van der Waals surface area contributed by atoms with Gasteiger partial charge in [-0.15, -0.1) is 0 Å². The first-order valence-electron chi connectivity index (χ1n) is 4.72. The fraction of sp³-hybridized carbons (Fsp3) is 0.200. The van der Waals surface area contributed by atoms with E-state index >= 15 is 0 Å². The van der Waals surface area contributed by atoms with E-state index in [4.69, 9.17) is 5.11 Å². The number of aromatic nitrogens is 2. The van der Waals surface area contributed by atoms with Crippen molar-refractivity contribution in [2.45, 2.75) is 13.1 Å². The summed E-state index contributed by atoms with van der Waals surface area (Å²) in [6.45, 7) is 0.914. The van der Waals surface area contributed by atoms with Crippen LogP contribution in [0.4, 0.5) is 0 Å². The summed E-state index contributed by atoms with van der Waals surface area (Å²) in [6.07, 6.45) is 1.26. The van der Waals surface area contributed by atoms with Gasteiger partial charge in [0.05, 0.1) is 6.54 Å². The lowest BCUT2D eigenvalue weighted by molar-refractivity contribution is 0.406. The van der Waals surface area contributed by atoms with Crippen LogP contribution in [0.2, 0.25) is 0 Å². The van der Waals surface area contributed by atoms with Crippen molar-refractivity contribution in [3.63, 3.8) is 0 Å². The second-order valence-electron chi connectivity index (χ2n) is 3.26. The molecule has 1 aromatic heterocycles. The SMILES string of the molecule is Oc1ccc(CNCc2ncon2)c(O)c1. The number of nitrogens with zero attached hydrogens (tertiary/aromatic N) is 2. The summed E-state index contributed by atoms with van der Waals surface area (Å²) in [4.78, 5) is 3.84. The Bertz CT molecular complexity index is 456. The molecular weight excluding hydrogens is 210 g/mol. The lowest BCUT2D eigenvalue weighted by Crippen LogP contribution is -2.13. The second-order valence-corrected chi connectivity index (χ2v) is 3.26. The zero-order valence-corrected chi connectivity index (χ0v) is 8.42. The standard InChI is InChI=1S/C10H11N3O3/c14-8-2-1-7(9(15)3-8)4-11-5-10-12-6-16-13-10/h1-3,6,11,14-15H,4-5H2. The van der Waals surface area contributed by atoms with Gasteiger partial charge < -0.3 is 20.1 Å². The first-order chi connectivity index (χ1) is 7.75. The molecule has 0 fully saturated rings. The first-order valence-corrected chi connectivity index (χ1v) is 4.72. The Morgan fingerprint density at radius 1 is 1.25 bits per heavy atom. The maximum atomic E-state index is 9.50. The number of rotatable bonds is 4. The molecule has 0 radical (unpaired) electrons. The molecular formula is C10H11N3O3. The molecule has 0 aliphatic rings. The van der Waals surface area contributed by atoms with Gasteiger partial charge in [-0.1, -0.05) is 11.2 Å². The Labute approximate surface area is 91.5 Å². The minimum absolute atomic E-state index is 0.0411. The van der Waals surface area contributed by atoms with Crippen LogP contribution in [0.15, 0.2) is 29.1 Å². The molecule has 0 saturated carbocycles. The molecule has 2 aromatic rings. The summed E-state index contributed by atoms with van der Waals surface area (Å²) in [7, 11) is 0. The van der Waals surface area contributed by atoms with Crippen molar-refractivity contribution < 1.29 is 14.7 Å². The average Bonchev–Trinajstić information content (AvgIpc) is 2.74. The first kappa shape index (κ1) is 10.4. The number of aromatic hydroxyl groups is 2. The normalized spacial score (nSPS) is 10.5. The third kappa shape index (κ3) is 2.48. The lowest BCUT2D eigenvalue weighted by atomic mass is 10.2. The van der Waals surface area contributed by atoms with E-state index in [2.05, 4.69) is 20.0 Å². The zero-order valence-electron chi connectivity index (χ0n) is 8.42. The number of hydrogen-bond donors (Lipinski definition) is 3. The molecule has 84 valence electrons. The Balaban J connectivity index is 1.90. The molecule has 1 aromatic carbocycles. The highest BCUT2D eigenvalue weighted by Crippen LogP contribution is 2.22. The van der Waals surface area contributed by atoms with Crippen LogP contribution in [-0.4, -0.2) is 20.4 Å². The van der Waals surface area contributed by atoms with E-state index in [0.717, 1.165) is 0 Å². The molecule has 0 bridgehead atoms. The van der Waals surface area contributed by atoms with Crippen molar-refractivity contribution in [3.8, 4) is 11.5 Å². The highest BCUT2D eigenvalue weighted by atomic mass is 16.5. The average molecular weight is 221 g/mol. The summed E-state index contributed by atoms with van der Waals surface area (Å²) in [5, 5.41) is 25.3. The third-order valence-corrected chi connectivity index (χ3v) is 2.07. The van der Waals surface area contributed by atoms with E-state index in [1.807, 2.05) is 0 Å². The highest BCUT2D eigenvalue weighted by molar-refractivity contribution is 5.38. The molecule has 0 spiro atoms. The molecule has 1 heterocycles. The van der Waals surface area contributed by atoms with Crippen LogP contribution >= 0.6 is 0 Å². The second kappa shape index (κ2) is 4.63.